The van der Waals surface area contributed by atoms with Gasteiger partial charge in [-0.3, -0.25) is 0 Å². The summed E-state index contributed by atoms with van der Waals surface area (Å²) in [5.74, 6) is 0. The van der Waals surface area contributed by atoms with E-state index in [1.54, 1.807) is 0 Å². The van der Waals surface area contributed by atoms with Gasteiger partial charge in [0, 0.05) is 0 Å². The molecule has 0 saturated heterocycles. The van der Waals surface area contributed by atoms with E-state index in [0.29, 0.717) is 0 Å². The van der Waals surface area contributed by atoms with E-state index in [-0.39, 0.29) is 4.95 Å². The molecule has 9 heavy (non-hydrogen) atoms. The maximum atomic E-state index is 5.53. The van der Waals surface area contributed by atoms with Gasteiger partial charge in [0.1, 0.15) is 0 Å². The minimum absolute atomic E-state index is 0.0290. The van der Waals surface area contributed by atoms with E-state index < -0.39 is 0 Å². The molecule has 1 atom stereocenters. The molecule has 0 saturated carbocycles. The third-order valence-corrected chi connectivity index (χ3v) is 1.65. The average Bonchev–Trinajstić information content (AvgIpc) is 1.90. The number of halogens is 1. The summed E-state index contributed by atoms with van der Waals surface area (Å²) in [5.41, 5.74) is 6.64. The Bertz CT molecular complexity index is 172. The number of nitrogens with two attached hydrogens (primary N) is 1. The van der Waals surface area contributed by atoms with Gasteiger partial charge < -0.3 is 5.73 Å². The third kappa shape index (κ3) is 1.80. The van der Waals surface area contributed by atoms with Crippen molar-refractivity contribution in [3.8, 4) is 0 Å². The van der Waals surface area contributed by atoms with Crippen molar-refractivity contribution in [1.82, 2.24) is 0 Å². The fraction of sp³-hybridized carbons (Fsp3) is 0.143. The molecule has 0 bridgehead atoms. The molecule has 1 aromatic rings. The number of alkyl halides is 1. The van der Waals surface area contributed by atoms with E-state index in [9.17, 15) is 0 Å². The van der Waals surface area contributed by atoms with Gasteiger partial charge in [-0.2, -0.15) is 0 Å². The van der Waals surface area contributed by atoms with Crippen molar-refractivity contribution < 1.29 is 0 Å². The Labute approximate surface area is 63.0 Å². The molecule has 0 fully saturated rings. The lowest BCUT2D eigenvalue weighted by atomic mass is 10.2. The second-order valence-corrected chi connectivity index (χ2v) is 2.80. The highest BCUT2D eigenvalue weighted by Crippen LogP contribution is 2.14. The quantitative estimate of drug-likeness (QED) is 0.527. The Kier molecular flexibility index (Phi) is 2.25. The molecule has 1 nitrogen and oxygen atoms in total. The van der Waals surface area contributed by atoms with Crippen LogP contribution in [0.25, 0.3) is 0 Å². The molecule has 2 N–H and O–H groups in total. The van der Waals surface area contributed by atoms with Crippen LogP contribution in [0.15, 0.2) is 30.3 Å². The lowest BCUT2D eigenvalue weighted by Crippen LogP contribution is -1.99. The van der Waals surface area contributed by atoms with Crippen LogP contribution in [-0.2, 0) is 0 Å². The first-order valence-electron chi connectivity index (χ1n) is 2.75. The van der Waals surface area contributed by atoms with Crippen molar-refractivity contribution in [1.29, 1.82) is 0 Å². The minimum Gasteiger partial charge on any atom is -0.315 e. The molecule has 0 aliphatic rings. The van der Waals surface area contributed by atoms with Gasteiger partial charge in [-0.15, -0.1) is 0 Å². The molecule has 0 aliphatic carbocycles. The van der Waals surface area contributed by atoms with Gasteiger partial charge in [0.15, 0.2) is 0 Å². The molecule has 0 spiro atoms. The summed E-state index contributed by atoms with van der Waals surface area (Å²) in [6.45, 7) is 0. The second-order valence-electron chi connectivity index (χ2n) is 1.81. The van der Waals surface area contributed by atoms with E-state index in [1.165, 1.54) is 0 Å². The van der Waals surface area contributed by atoms with Crippen molar-refractivity contribution in [2.75, 3.05) is 0 Å². The Morgan fingerprint density at radius 2 is 1.78 bits per heavy atom. The van der Waals surface area contributed by atoms with Gasteiger partial charge in [0.2, 0.25) is 0 Å². The van der Waals surface area contributed by atoms with Gasteiger partial charge in [-0.1, -0.05) is 46.3 Å². The second kappa shape index (κ2) is 2.99. The molecule has 0 radical (unpaired) electrons. The third-order valence-electron chi connectivity index (χ3n) is 1.12. The van der Waals surface area contributed by atoms with Crippen LogP contribution < -0.4 is 5.73 Å². The highest BCUT2D eigenvalue weighted by atomic mass is 79.9. The monoisotopic (exact) mass is 185 g/mol. The molecule has 1 unspecified atom stereocenters. The summed E-state index contributed by atoms with van der Waals surface area (Å²) in [6.07, 6.45) is 0. The summed E-state index contributed by atoms with van der Waals surface area (Å²) in [7, 11) is 0. The maximum absolute atomic E-state index is 5.53. The van der Waals surface area contributed by atoms with Crippen LogP contribution in [-0.4, -0.2) is 0 Å². The standard InChI is InChI=1S/C7H8BrN/c8-7(9)6-4-2-1-3-5-6/h1-5,7H,9H2. The first-order valence-corrected chi connectivity index (χ1v) is 3.67. The van der Waals surface area contributed by atoms with Gasteiger partial charge in [-0.25, -0.2) is 0 Å². The van der Waals surface area contributed by atoms with E-state index in [2.05, 4.69) is 15.9 Å². The van der Waals surface area contributed by atoms with E-state index in [0.717, 1.165) is 5.56 Å². The molecule has 1 aromatic carbocycles. The number of hydrogen-bond acceptors (Lipinski definition) is 1. The Morgan fingerprint density at radius 1 is 1.22 bits per heavy atom. The molecule has 0 heterocycles. The summed E-state index contributed by atoms with van der Waals surface area (Å²) >= 11 is 3.26. The van der Waals surface area contributed by atoms with E-state index in [1.807, 2.05) is 30.3 Å². The van der Waals surface area contributed by atoms with Crippen molar-refractivity contribution in [2.24, 2.45) is 5.73 Å². The topological polar surface area (TPSA) is 26.0 Å². The molecule has 0 aromatic heterocycles. The smallest absolute Gasteiger partial charge is 0.0861 e. The highest BCUT2D eigenvalue weighted by Gasteiger charge is 1.95. The van der Waals surface area contributed by atoms with Gasteiger partial charge >= 0.3 is 0 Å². The van der Waals surface area contributed by atoms with Crippen molar-refractivity contribution in [3.05, 3.63) is 35.9 Å². The van der Waals surface area contributed by atoms with Crippen LogP contribution in [0, 0.1) is 0 Å². The number of rotatable bonds is 1. The van der Waals surface area contributed by atoms with Crippen LogP contribution in [0.1, 0.15) is 10.5 Å². The SMILES string of the molecule is NC(Br)c1ccccc1. The fourth-order valence-corrected chi connectivity index (χ4v) is 0.942. The lowest BCUT2D eigenvalue weighted by molar-refractivity contribution is 1.06. The van der Waals surface area contributed by atoms with Gasteiger partial charge in [-0.05, 0) is 5.56 Å². The Hall–Kier alpha value is -0.340. The van der Waals surface area contributed by atoms with E-state index >= 15 is 0 Å². The zero-order valence-electron chi connectivity index (χ0n) is 4.92. The van der Waals surface area contributed by atoms with Gasteiger partial charge in [0.05, 0.1) is 4.95 Å². The van der Waals surface area contributed by atoms with Crippen LogP contribution in [0.3, 0.4) is 0 Å². The zero-order chi connectivity index (χ0) is 6.69. The largest absolute Gasteiger partial charge is 0.315 e. The number of hydrogen-bond donors (Lipinski definition) is 1. The minimum atomic E-state index is -0.0290. The van der Waals surface area contributed by atoms with Gasteiger partial charge in [0.25, 0.3) is 0 Å². The molecule has 2 heteroatoms. The lowest BCUT2D eigenvalue weighted by Gasteiger charge is -2.00. The Morgan fingerprint density at radius 3 is 2.11 bits per heavy atom. The molecule has 1 rings (SSSR count). The maximum Gasteiger partial charge on any atom is 0.0861 e. The first-order chi connectivity index (χ1) is 4.30. The van der Waals surface area contributed by atoms with Crippen LogP contribution in [0.2, 0.25) is 0 Å². The normalized spacial score (nSPS) is 13.1. The summed E-state index contributed by atoms with van der Waals surface area (Å²) in [6, 6.07) is 9.88. The summed E-state index contributed by atoms with van der Waals surface area (Å²) in [4.78, 5) is -0.0290. The first kappa shape index (κ1) is 6.78. The summed E-state index contributed by atoms with van der Waals surface area (Å²) < 4.78 is 0. The molecule has 0 amide bonds. The predicted molar refractivity (Wildman–Crippen MR) is 42.3 cm³/mol. The van der Waals surface area contributed by atoms with Crippen molar-refractivity contribution >= 4 is 15.9 Å². The summed E-state index contributed by atoms with van der Waals surface area (Å²) in [5, 5.41) is 0. The van der Waals surface area contributed by atoms with Crippen LogP contribution in [0.4, 0.5) is 0 Å². The average molecular weight is 186 g/mol. The Balaban J connectivity index is 2.85. The zero-order valence-corrected chi connectivity index (χ0v) is 6.51. The molecule has 0 aliphatic heterocycles. The van der Waals surface area contributed by atoms with E-state index in [4.69, 9.17) is 5.73 Å². The van der Waals surface area contributed by atoms with Crippen LogP contribution >= 0.6 is 15.9 Å². The molecular formula is C7H8BrN. The van der Waals surface area contributed by atoms with Crippen molar-refractivity contribution in [3.63, 3.8) is 0 Å². The number of benzene rings is 1. The van der Waals surface area contributed by atoms with Crippen LogP contribution in [0.5, 0.6) is 0 Å². The molecule has 48 valence electrons. The predicted octanol–water partition coefficient (Wildman–Crippen LogP) is 2.04. The molecular weight excluding hydrogens is 178 g/mol. The van der Waals surface area contributed by atoms with Crippen molar-refractivity contribution in [2.45, 2.75) is 4.95 Å². The fourth-order valence-electron chi connectivity index (χ4n) is 0.637. The highest BCUT2D eigenvalue weighted by molar-refractivity contribution is 9.09.